The zero-order chi connectivity index (χ0) is 12.3. The topological polar surface area (TPSA) is 21.1 Å². The standard InChI is InChI=1S/C14H25N3/c1-14(2,3)6-9-17-8-4-5-13(17)11-16-10-7-15-12-16/h7,10,12-13H,4-6,8-9,11H2,1-3H3. The van der Waals surface area contributed by atoms with Crippen LogP contribution in [0.1, 0.15) is 40.0 Å². The first-order chi connectivity index (χ1) is 8.04. The van der Waals surface area contributed by atoms with Gasteiger partial charge in [-0.2, -0.15) is 0 Å². The molecular formula is C14H25N3. The Labute approximate surface area is 105 Å². The van der Waals surface area contributed by atoms with Gasteiger partial charge in [0.2, 0.25) is 0 Å². The molecule has 2 heterocycles. The molecule has 0 spiro atoms. The molecule has 0 radical (unpaired) electrons. The summed E-state index contributed by atoms with van der Waals surface area (Å²) < 4.78 is 2.21. The van der Waals surface area contributed by atoms with E-state index in [0.717, 1.165) is 6.54 Å². The Morgan fingerprint density at radius 2 is 2.18 bits per heavy atom. The minimum Gasteiger partial charge on any atom is -0.336 e. The van der Waals surface area contributed by atoms with Crippen molar-refractivity contribution < 1.29 is 0 Å². The Morgan fingerprint density at radius 1 is 1.35 bits per heavy atom. The zero-order valence-electron chi connectivity index (χ0n) is 11.4. The number of rotatable bonds is 4. The summed E-state index contributed by atoms with van der Waals surface area (Å²) in [5.74, 6) is 0. The van der Waals surface area contributed by atoms with Gasteiger partial charge in [0, 0.05) is 25.0 Å². The van der Waals surface area contributed by atoms with Crippen LogP contribution in [0.15, 0.2) is 18.7 Å². The van der Waals surface area contributed by atoms with Gasteiger partial charge in [-0.3, -0.25) is 4.90 Å². The van der Waals surface area contributed by atoms with Crippen molar-refractivity contribution in [3.8, 4) is 0 Å². The lowest BCUT2D eigenvalue weighted by atomic mass is 9.92. The number of nitrogens with zero attached hydrogens (tertiary/aromatic N) is 3. The molecule has 0 saturated carbocycles. The fraction of sp³-hybridized carbons (Fsp3) is 0.786. The van der Waals surface area contributed by atoms with Gasteiger partial charge >= 0.3 is 0 Å². The monoisotopic (exact) mass is 235 g/mol. The van der Waals surface area contributed by atoms with E-state index in [2.05, 4.69) is 41.4 Å². The van der Waals surface area contributed by atoms with Crippen molar-refractivity contribution in [1.82, 2.24) is 14.5 Å². The molecule has 17 heavy (non-hydrogen) atoms. The molecule has 1 atom stereocenters. The van der Waals surface area contributed by atoms with Gasteiger partial charge in [0.15, 0.2) is 0 Å². The van der Waals surface area contributed by atoms with Crippen LogP contribution in [0.25, 0.3) is 0 Å². The maximum Gasteiger partial charge on any atom is 0.0946 e. The highest BCUT2D eigenvalue weighted by molar-refractivity contribution is 4.84. The molecule has 3 nitrogen and oxygen atoms in total. The van der Waals surface area contributed by atoms with Gasteiger partial charge in [0.25, 0.3) is 0 Å². The van der Waals surface area contributed by atoms with E-state index in [-0.39, 0.29) is 0 Å². The Morgan fingerprint density at radius 3 is 2.82 bits per heavy atom. The van der Waals surface area contributed by atoms with Crippen molar-refractivity contribution in [1.29, 1.82) is 0 Å². The molecule has 1 aliphatic heterocycles. The average Bonchev–Trinajstić information content (AvgIpc) is 2.86. The first-order valence-corrected chi connectivity index (χ1v) is 6.74. The predicted molar refractivity (Wildman–Crippen MR) is 70.9 cm³/mol. The molecule has 0 aromatic carbocycles. The Hall–Kier alpha value is -0.830. The average molecular weight is 235 g/mol. The van der Waals surface area contributed by atoms with Gasteiger partial charge in [-0.05, 0) is 37.8 Å². The molecule has 1 aromatic heterocycles. The Balaban J connectivity index is 1.85. The van der Waals surface area contributed by atoms with Crippen molar-refractivity contribution in [3.63, 3.8) is 0 Å². The molecule has 0 amide bonds. The minimum absolute atomic E-state index is 0.447. The summed E-state index contributed by atoms with van der Waals surface area (Å²) in [5, 5.41) is 0. The number of hydrogen-bond donors (Lipinski definition) is 0. The van der Waals surface area contributed by atoms with Crippen molar-refractivity contribution in [2.45, 2.75) is 52.6 Å². The first-order valence-electron chi connectivity index (χ1n) is 6.74. The van der Waals surface area contributed by atoms with Gasteiger partial charge in [-0.1, -0.05) is 20.8 Å². The third kappa shape index (κ3) is 3.84. The summed E-state index contributed by atoms with van der Waals surface area (Å²) in [5.41, 5.74) is 0.447. The van der Waals surface area contributed by atoms with Crippen LogP contribution in [0, 0.1) is 5.41 Å². The van der Waals surface area contributed by atoms with Gasteiger partial charge in [-0.15, -0.1) is 0 Å². The quantitative estimate of drug-likeness (QED) is 0.800. The normalized spacial score (nSPS) is 22.2. The van der Waals surface area contributed by atoms with Crippen molar-refractivity contribution in [2.75, 3.05) is 13.1 Å². The van der Waals surface area contributed by atoms with Gasteiger partial charge in [0.05, 0.1) is 6.33 Å². The SMILES string of the molecule is CC(C)(C)CCN1CCCC1Cn1ccnc1. The lowest BCUT2D eigenvalue weighted by molar-refractivity contribution is 0.199. The van der Waals surface area contributed by atoms with Crippen LogP contribution in [-0.2, 0) is 6.54 Å². The summed E-state index contributed by atoms with van der Waals surface area (Å²) in [6.07, 6.45) is 9.84. The van der Waals surface area contributed by atoms with Crippen LogP contribution in [0.4, 0.5) is 0 Å². The van der Waals surface area contributed by atoms with Crippen LogP contribution in [0.5, 0.6) is 0 Å². The molecule has 0 aliphatic carbocycles. The third-order valence-electron chi connectivity index (χ3n) is 3.63. The molecule has 1 aromatic rings. The molecule has 1 fully saturated rings. The highest BCUT2D eigenvalue weighted by Gasteiger charge is 2.25. The molecular weight excluding hydrogens is 210 g/mol. The van der Waals surface area contributed by atoms with Crippen molar-refractivity contribution >= 4 is 0 Å². The van der Waals surface area contributed by atoms with E-state index in [9.17, 15) is 0 Å². The van der Waals surface area contributed by atoms with Gasteiger partial charge in [0.1, 0.15) is 0 Å². The van der Waals surface area contributed by atoms with E-state index < -0.39 is 0 Å². The summed E-state index contributed by atoms with van der Waals surface area (Å²) in [6.45, 7) is 10.6. The smallest absolute Gasteiger partial charge is 0.0946 e. The van der Waals surface area contributed by atoms with E-state index in [1.165, 1.54) is 32.4 Å². The second-order valence-corrected chi connectivity index (χ2v) is 6.40. The van der Waals surface area contributed by atoms with E-state index in [1.807, 2.05) is 12.5 Å². The van der Waals surface area contributed by atoms with Crippen LogP contribution >= 0.6 is 0 Å². The maximum atomic E-state index is 4.12. The molecule has 2 rings (SSSR count). The van der Waals surface area contributed by atoms with Crippen LogP contribution < -0.4 is 0 Å². The van der Waals surface area contributed by atoms with Gasteiger partial charge in [-0.25, -0.2) is 4.98 Å². The number of imidazole rings is 1. The number of aromatic nitrogens is 2. The molecule has 1 unspecified atom stereocenters. The fourth-order valence-corrected chi connectivity index (χ4v) is 2.51. The van der Waals surface area contributed by atoms with Crippen LogP contribution in [0.2, 0.25) is 0 Å². The highest BCUT2D eigenvalue weighted by atomic mass is 15.2. The summed E-state index contributed by atoms with van der Waals surface area (Å²) in [6, 6.07) is 0.714. The Kier molecular flexibility index (Phi) is 3.87. The van der Waals surface area contributed by atoms with E-state index in [0.29, 0.717) is 11.5 Å². The third-order valence-corrected chi connectivity index (χ3v) is 3.63. The second kappa shape index (κ2) is 5.21. The molecule has 3 heteroatoms. The number of hydrogen-bond acceptors (Lipinski definition) is 2. The van der Waals surface area contributed by atoms with E-state index in [1.54, 1.807) is 0 Å². The second-order valence-electron chi connectivity index (χ2n) is 6.40. The molecule has 96 valence electrons. The molecule has 0 N–H and O–H groups in total. The van der Waals surface area contributed by atoms with Crippen molar-refractivity contribution in [2.24, 2.45) is 5.41 Å². The van der Waals surface area contributed by atoms with Gasteiger partial charge < -0.3 is 4.57 Å². The maximum absolute atomic E-state index is 4.12. The zero-order valence-corrected chi connectivity index (χ0v) is 11.4. The largest absolute Gasteiger partial charge is 0.336 e. The molecule has 1 aliphatic rings. The number of likely N-dealkylation sites (tertiary alicyclic amines) is 1. The van der Waals surface area contributed by atoms with Crippen molar-refractivity contribution in [3.05, 3.63) is 18.7 Å². The first kappa shape index (κ1) is 12.6. The Bertz CT molecular complexity index is 324. The molecule has 0 bridgehead atoms. The summed E-state index contributed by atoms with van der Waals surface area (Å²) >= 11 is 0. The minimum atomic E-state index is 0.447. The molecule has 1 saturated heterocycles. The summed E-state index contributed by atoms with van der Waals surface area (Å²) in [7, 11) is 0. The highest BCUT2D eigenvalue weighted by Crippen LogP contribution is 2.24. The van der Waals surface area contributed by atoms with Crippen LogP contribution in [0.3, 0.4) is 0 Å². The summed E-state index contributed by atoms with van der Waals surface area (Å²) in [4.78, 5) is 6.78. The fourth-order valence-electron chi connectivity index (χ4n) is 2.51. The van der Waals surface area contributed by atoms with E-state index in [4.69, 9.17) is 0 Å². The van der Waals surface area contributed by atoms with Crippen LogP contribution in [-0.4, -0.2) is 33.6 Å². The lowest BCUT2D eigenvalue weighted by Gasteiger charge is -2.28. The lowest BCUT2D eigenvalue weighted by Crippen LogP contribution is -2.35. The van der Waals surface area contributed by atoms with E-state index >= 15 is 0 Å². The predicted octanol–water partition coefficient (Wildman–Crippen LogP) is 2.78.